The van der Waals surface area contributed by atoms with Gasteiger partial charge in [-0.15, -0.1) is 23.1 Å². The van der Waals surface area contributed by atoms with E-state index in [0.717, 1.165) is 23.0 Å². The third-order valence-corrected chi connectivity index (χ3v) is 5.64. The van der Waals surface area contributed by atoms with E-state index < -0.39 is 5.91 Å². The molecule has 5 N–H and O–H groups in total. The number of anilines is 2. The van der Waals surface area contributed by atoms with Crippen molar-refractivity contribution in [2.45, 2.75) is 23.8 Å². The van der Waals surface area contributed by atoms with Gasteiger partial charge in [0.15, 0.2) is 0 Å². The van der Waals surface area contributed by atoms with Crippen LogP contribution >= 0.6 is 23.1 Å². The van der Waals surface area contributed by atoms with Crippen molar-refractivity contribution >= 4 is 39.7 Å². The lowest BCUT2D eigenvalue weighted by molar-refractivity contribution is 0.100. The molecule has 106 valence electrons. The summed E-state index contributed by atoms with van der Waals surface area (Å²) in [6, 6.07) is 0.551. The predicted molar refractivity (Wildman–Crippen MR) is 83.2 cm³/mol. The number of thiophene rings is 1. The van der Waals surface area contributed by atoms with Gasteiger partial charge in [-0.2, -0.15) is 0 Å². The second-order valence-corrected chi connectivity index (χ2v) is 6.57. The van der Waals surface area contributed by atoms with Crippen molar-refractivity contribution in [1.29, 1.82) is 0 Å². The fraction of sp³-hybridized carbons (Fsp3) is 0.583. The molecule has 1 aliphatic heterocycles. The van der Waals surface area contributed by atoms with Crippen molar-refractivity contribution in [3.63, 3.8) is 0 Å². The summed E-state index contributed by atoms with van der Waals surface area (Å²) in [5.74, 6) is -0.455. The minimum atomic E-state index is -0.455. The molecule has 0 spiro atoms. The largest absolute Gasteiger partial charge is 0.396 e. The first-order valence-corrected chi connectivity index (χ1v) is 8.29. The standard InChI is InChI=1S/C12H20N4OS2/c1-16-5-3-4-7(16)6-15-12-10(18-2)8(13)9(19-12)11(14)17/h7,15H,3-6,13H2,1-2H3,(H2,14,17). The summed E-state index contributed by atoms with van der Waals surface area (Å²) < 4.78 is 0. The van der Waals surface area contributed by atoms with E-state index in [1.54, 1.807) is 11.8 Å². The van der Waals surface area contributed by atoms with Crippen LogP contribution in [-0.2, 0) is 0 Å². The zero-order valence-electron chi connectivity index (χ0n) is 11.2. The normalized spacial score (nSPS) is 19.8. The van der Waals surface area contributed by atoms with Crippen LogP contribution in [0.5, 0.6) is 0 Å². The molecule has 0 saturated carbocycles. The summed E-state index contributed by atoms with van der Waals surface area (Å²) in [5.41, 5.74) is 11.8. The van der Waals surface area contributed by atoms with E-state index in [-0.39, 0.29) is 0 Å². The van der Waals surface area contributed by atoms with Gasteiger partial charge in [0, 0.05) is 12.6 Å². The van der Waals surface area contributed by atoms with Gasteiger partial charge in [0.1, 0.15) is 9.88 Å². The molecule has 1 amide bonds. The summed E-state index contributed by atoms with van der Waals surface area (Å²) in [6.45, 7) is 2.03. The molecule has 0 radical (unpaired) electrons. The molecule has 2 rings (SSSR count). The van der Waals surface area contributed by atoms with Crippen LogP contribution in [-0.4, -0.2) is 43.2 Å². The van der Waals surface area contributed by atoms with Gasteiger partial charge >= 0.3 is 0 Å². The number of nitrogens with zero attached hydrogens (tertiary/aromatic N) is 1. The molecule has 0 aliphatic carbocycles. The maximum absolute atomic E-state index is 11.3. The maximum Gasteiger partial charge on any atom is 0.261 e. The van der Waals surface area contributed by atoms with Crippen LogP contribution < -0.4 is 16.8 Å². The minimum Gasteiger partial charge on any atom is -0.396 e. The highest BCUT2D eigenvalue weighted by Crippen LogP contribution is 2.41. The molecule has 7 heteroatoms. The highest BCUT2D eigenvalue weighted by molar-refractivity contribution is 7.99. The van der Waals surface area contributed by atoms with Gasteiger partial charge in [-0.05, 0) is 32.7 Å². The van der Waals surface area contributed by atoms with Crippen molar-refractivity contribution in [3.05, 3.63) is 4.88 Å². The Hall–Kier alpha value is -0.920. The number of nitrogens with one attached hydrogen (secondary N) is 1. The molecule has 0 bridgehead atoms. The number of nitrogens with two attached hydrogens (primary N) is 2. The van der Waals surface area contributed by atoms with E-state index in [0.29, 0.717) is 16.6 Å². The van der Waals surface area contributed by atoms with Crippen LogP contribution in [0.3, 0.4) is 0 Å². The number of carbonyl (C=O) groups excluding carboxylic acids is 1. The van der Waals surface area contributed by atoms with E-state index in [4.69, 9.17) is 11.5 Å². The molecule has 1 fully saturated rings. The first-order valence-electron chi connectivity index (χ1n) is 6.24. The van der Waals surface area contributed by atoms with E-state index >= 15 is 0 Å². The molecule has 1 aliphatic rings. The van der Waals surface area contributed by atoms with Crippen LogP contribution in [0.15, 0.2) is 4.90 Å². The molecule has 2 heterocycles. The van der Waals surface area contributed by atoms with Gasteiger partial charge in [-0.3, -0.25) is 4.79 Å². The fourth-order valence-electron chi connectivity index (χ4n) is 2.38. The topological polar surface area (TPSA) is 84.4 Å². The Bertz CT molecular complexity index is 475. The van der Waals surface area contributed by atoms with Gasteiger partial charge in [0.05, 0.1) is 10.6 Å². The number of likely N-dealkylation sites (tertiary alicyclic amines) is 1. The van der Waals surface area contributed by atoms with Crippen molar-refractivity contribution in [3.8, 4) is 0 Å². The summed E-state index contributed by atoms with van der Waals surface area (Å²) in [4.78, 5) is 15.1. The smallest absolute Gasteiger partial charge is 0.261 e. The number of hydrogen-bond donors (Lipinski definition) is 3. The molecule has 1 unspecified atom stereocenters. The Morgan fingerprint density at radius 3 is 2.89 bits per heavy atom. The van der Waals surface area contributed by atoms with Gasteiger partial charge in [0.2, 0.25) is 0 Å². The van der Waals surface area contributed by atoms with E-state index in [2.05, 4.69) is 17.3 Å². The third kappa shape index (κ3) is 2.98. The number of hydrogen-bond acceptors (Lipinski definition) is 6. The van der Waals surface area contributed by atoms with Crippen LogP contribution in [0.2, 0.25) is 0 Å². The first kappa shape index (κ1) is 14.5. The lowest BCUT2D eigenvalue weighted by Crippen LogP contribution is -2.31. The van der Waals surface area contributed by atoms with Crippen LogP contribution in [0, 0.1) is 0 Å². The Kier molecular flexibility index (Phi) is 4.59. The summed E-state index contributed by atoms with van der Waals surface area (Å²) in [5, 5.41) is 4.38. The molecule has 0 aromatic carbocycles. The lowest BCUT2D eigenvalue weighted by atomic mass is 10.2. The number of rotatable bonds is 5. The molecule has 5 nitrogen and oxygen atoms in total. The number of nitrogen functional groups attached to an aromatic ring is 1. The van der Waals surface area contributed by atoms with Gasteiger partial charge in [-0.25, -0.2) is 0 Å². The third-order valence-electron chi connectivity index (χ3n) is 3.50. The molecule has 1 saturated heterocycles. The Balaban J connectivity index is 2.11. The first-order chi connectivity index (χ1) is 9.04. The number of thioether (sulfide) groups is 1. The molecule has 1 aromatic heterocycles. The van der Waals surface area contributed by atoms with E-state index in [1.165, 1.54) is 24.2 Å². The van der Waals surface area contributed by atoms with Gasteiger partial charge in [-0.1, -0.05) is 0 Å². The monoisotopic (exact) mass is 300 g/mol. The van der Waals surface area contributed by atoms with Gasteiger partial charge in [0.25, 0.3) is 5.91 Å². The van der Waals surface area contributed by atoms with Crippen molar-refractivity contribution in [2.75, 3.05) is 37.4 Å². The zero-order chi connectivity index (χ0) is 14.0. The fourth-order valence-corrected chi connectivity index (χ4v) is 4.27. The summed E-state index contributed by atoms with van der Waals surface area (Å²) in [6.07, 6.45) is 4.41. The number of likely N-dealkylation sites (N-methyl/N-ethyl adjacent to an activating group) is 1. The van der Waals surface area contributed by atoms with Crippen LogP contribution in [0.1, 0.15) is 22.5 Å². The summed E-state index contributed by atoms with van der Waals surface area (Å²) >= 11 is 2.90. The maximum atomic E-state index is 11.3. The molecule has 1 atom stereocenters. The molecular formula is C12H20N4OS2. The lowest BCUT2D eigenvalue weighted by Gasteiger charge is -2.20. The number of amides is 1. The van der Waals surface area contributed by atoms with E-state index in [1.807, 2.05) is 6.26 Å². The molecule has 1 aromatic rings. The van der Waals surface area contributed by atoms with Crippen LogP contribution in [0.25, 0.3) is 0 Å². The van der Waals surface area contributed by atoms with E-state index in [9.17, 15) is 4.79 Å². The Morgan fingerprint density at radius 1 is 1.63 bits per heavy atom. The van der Waals surface area contributed by atoms with Crippen molar-refractivity contribution in [1.82, 2.24) is 4.90 Å². The highest BCUT2D eigenvalue weighted by atomic mass is 32.2. The molecule has 19 heavy (non-hydrogen) atoms. The van der Waals surface area contributed by atoms with Crippen molar-refractivity contribution < 1.29 is 4.79 Å². The average molecular weight is 300 g/mol. The molecular weight excluding hydrogens is 280 g/mol. The van der Waals surface area contributed by atoms with Crippen LogP contribution in [0.4, 0.5) is 10.7 Å². The Labute approximate surface area is 121 Å². The minimum absolute atomic E-state index is 0.451. The quantitative estimate of drug-likeness (QED) is 0.720. The average Bonchev–Trinajstić information content (AvgIpc) is 2.90. The number of carbonyl (C=O) groups is 1. The number of primary amides is 1. The van der Waals surface area contributed by atoms with Crippen molar-refractivity contribution in [2.24, 2.45) is 5.73 Å². The SMILES string of the molecule is CSc1c(NCC2CCCN2C)sc(C(N)=O)c1N. The Morgan fingerprint density at radius 2 is 2.37 bits per heavy atom. The predicted octanol–water partition coefficient (Wildman–Crippen LogP) is 1.66. The second kappa shape index (κ2) is 6.02. The highest BCUT2D eigenvalue weighted by Gasteiger charge is 2.23. The zero-order valence-corrected chi connectivity index (χ0v) is 12.9. The summed E-state index contributed by atoms with van der Waals surface area (Å²) in [7, 11) is 2.15. The second-order valence-electron chi connectivity index (χ2n) is 4.73. The van der Waals surface area contributed by atoms with Gasteiger partial charge < -0.3 is 21.7 Å².